The average molecular weight is 372 g/mol. The van der Waals surface area contributed by atoms with Gasteiger partial charge in [-0.15, -0.1) is 0 Å². The maximum Gasteiger partial charge on any atom is 0.270 e. The second-order valence-electron chi connectivity index (χ2n) is 5.75. The Hall–Kier alpha value is -1.78. The minimum atomic E-state index is -3.75. The van der Waals surface area contributed by atoms with Gasteiger partial charge in [0.05, 0.1) is 9.82 Å². The number of rotatable bonds is 4. The van der Waals surface area contributed by atoms with Gasteiger partial charge in [0.25, 0.3) is 5.69 Å². The molecular weight excluding hydrogens is 352 g/mol. The van der Waals surface area contributed by atoms with Gasteiger partial charge in [-0.05, 0) is 32.1 Å². The summed E-state index contributed by atoms with van der Waals surface area (Å²) in [6.07, 6.45) is 0. The van der Waals surface area contributed by atoms with Crippen LogP contribution in [-0.4, -0.2) is 59.9 Å². The number of hydrogen-bond donors (Lipinski definition) is 1. The number of nitrogens with one attached hydrogen (secondary N) is 1. The van der Waals surface area contributed by atoms with Gasteiger partial charge in [-0.25, -0.2) is 8.42 Å². The Morgan fingerprint density at radius 3 is 2.46 bits per heavy atom. The molecule has 0 amide bonds. The Kier molecular flexibility index (Phi) is 5.73. The molecule has 0 radical (unpaired) electrons. The van der Waals surface area contributed by atoms with Gasteiger partial charge in [0, 0.05) is 44.4 Å². The number of thiocarbonyl (C=S) groups is 1. The van der Waals surface area contributed by atoms with Crippen molar-refractivity contribution in [1.29, 1.82) is 0 Å². The molecule has 132 valence electrons. The SMILES string of the molecule is CC(C)NC(=S)N1CCN(S(=O)(=O)c2cccc([N+](=O)[O-])c2)CC1. The summed E-state index contributed by atoms with van der Waals surface area (Å²) >= 11 is 5.29. The minimum Gasteiger partial charge on any atom is -0.360 e. The van der Waals surface area contributed by atoms with E-state index in [1.165, 1.54) is 22.5 Å². The van der Waals surface area contributed by atoms with Crippen LogP contribution in [0.3, 0.4) is 0 Å². The van der Waals surface area contributed by atoms with Gasteiger partial charge in [0.2, 0.25) is 10.0 Å². The largest absolute Gasteiger partial charge is 0.360 e. The molecule has 10 heteroatoms. The molecule has 1 aromatic rings. The maximum atomic E-state index is 12.7. The second-order valence-corrected chi connectivity index (χ2v) is 8.07. The van der Waals surface area contributed by atoms with Crippen molar-refractivity contribution in [2.45, 2.75) is 24.8 Å². The maximum absolute atomic E-state index is 12.7. The average Bonchev–Trinajstić information content (AvgIpc) is 2.54. The summed E-state index contributed by atoms with van der Waals surface area (Å²) in [5.74, 6) is 0. The van der Waals surface area contributed by atoms with E-state index in [0.717, 1.165) is 6.07 Å². The van der Waals surface area contributed by atoms with Crippen molar-refractivity contribution in [3.63, 3.8) is 0 Å². The van der Waals surface area contributed by atoms with Crippen LogP contribution in [0, 0.1) is 10.1 Å². The molecule has 2 rings (SSSR count). The van der Waals surface area contributed by atoms with Gasteiger partial charge in [0.1, 0.15) is 0 Å². The first-order chi connectivity index (χ1) is 11.2. The summed E-state index contributed by atoms with van der Waals surface area (Å²) in [6, 6.07) is 5.33. The Morgan fingerprint density at radius 1 is 1.29 bits per heavy atom. The van der Waals surface area contributed by atoms with E-state index in [-0.39, 0.29) is 29.7 Å². The number of non-ortho nitro benzene ring substituents is 1. The van der Waals surface area contributed by atoms with Crippen molar-refractivity contribution in [3.8, 4) is 0 Å². The highest BCUT2D eigenvalue weighted by Crippen LogP contribution is 2.22. The molecule has 1 aliphatic rings. The number of sulfonamides is 1. The van der Waals surface area contributed by atoms with Gasteiger partial charge in [-0.3, -0.25) is 10.1 Å². The summed E-state index contributed by atoms with van der Waals surface area (Å²) in [7, 11) is -3.75. The second kappa shape index (κ2) is 7.41. The smallest absolute Gasteiger partial charge is 0.270 e. The highest BCUT2D eigenvalue weighted by molar-refractivity contribution is 7.89. The van der Waals surface area contributed by atoms with Crippen LogP contribution in [0.15, 0.2) is 29.2 Å². The van der Waals surface area contributed by atoms with Crippen LogP contribution in [0.2, 0.25) is 0 Å². The van der Waals surface area contributed by atoms with E-state index in [4.69, 9.17) is 12.2 Å². The van der Waals surface area contributed by atoms with Crippen molar-refractivity contribution in [1.82, 2.24) is 14.5 Å². The number of hydrogen-bond acceptors (Lipinski definition) is 5. The third kappa shape index (κ3) is 4.19. The standard InChI is InChI=1S/C14H20N4O4S2/c1-11(2)15-14(23)16-6-8-17(9-7-16)24(21,22)13-5-3-4-12(10-13)18(19)20/h3-5,10-11H,6-9H2,1-2H3,(H,15,23). The zero-order valence-corrected chi connectivity index (χ0v) is 15.1. The van der Waals surface area contributed by atoms with Crippen LogP contribution in [-0.2, 0) is 10.0 Å². The van der Waals surface area contributed by atoms with Gasteiger partial charge in [-0.1, -0.05) is 6.07 Å². The first-order valence-electron chi connectivity index (χ1n) is 7.52. The fourth-order valence-corrected chi connectivity index (χ4v) is 4.26. The molecule has 0 aliphatic carbocycles. The first kappa shape index (κ1) is 18.6. The predicted molar refractivity (Wildman–Crippen MR) is 94.3 cm³/mol. The molecule has 1 aromatic carbocycles. The van der Waals surface area contributed by atoms with E-state index in [2.05, 4.69) is 5.32 Å². The highest BCUT2D eigenvalue weighted by atomic mass is 32.2. The zero-order chi connectivity index (χ0) is 17.9. The predicted octanol–water partition coefficient (Wildman–Crippen LogP) is 1.18. The van der Waals surface area contributed by atoms with E-state index in [1.807, 2.05) is 18.7 Å². The van der Waals surface area contributed by atoms with Crippen molar-refractivity contribution < 1.29 is 13.3 Å². The number of nitrogens with zero attached hydrogens (tertiary/aromatic N) is 3. The highest BCUT2D eigenvalue weighted by Gasteiger charge is 2.30. The number of piperazine rings is 1. The Morgan fingerprint density at radius 2 is 1.92 bits per heavy atom. The third-order valence-electron chi connectivity index (χ3n) is 3.60. The molecule has 1 saturated heterocycles. The van der Waals surface area contributed by atoms with Crippen molar-refractivity contribution in [2.75, 3.05) is 26.2 Å². The van der Waals surface area contributed by atoms with Crippen molar-refractivity contribution >= 4 is 33.0 Å². The van der Waals surface area contributed by atoms with Crippen LogP contribution in [0.1, 0.15) is 13.8 Å². The van der Waals surface area contributed by atoms with Crippen molar-refractivity contribution in [2.24, 2.45) is 0 Å². The number of benzene rings is 1. The van der Waals surface area contributed by atoms with E-state index < -0.39 is 14.9 Å². The van der Waals surface area contributed by atoms with Crippen LogP contribution in [0.4, 0.5) is 5.69 Å². The Labute approximate surface area is 146 Å². The summed E-state index contributed by atoms with van der Waals surface area (Å²) in [4.78, 5) is 12.1. The quantitative estimate of drug-likeness (QED) is 0.482. The Balaban J connectivity index is 2.09. The van der Waals surface area contributed by atoms with E-state index in [9.17, 15) is 18.5 Å². The lowest BCUT2D eigenvalue weighted by molar-refractivity contribution is -0.385. The molecule has 1 fully saturated rings. The lowest BCUT2D eigenvalue weighted by Gasteiger charge is -2.36. The monoisotopic (exact) mass is 372 g/mol. The molecule has 0 unspecified atom stereocenters. The van der Waals surface area contributed by atoms with E-state index >= 15 is 0 Å². The van der Waals surface area contributed by atoms with Crippen LogP contribution in [0.5, 0.6) is 0 Å². The fourth-order valence-electron chi connectivity index (χ4n) is 2.38. The molecule has 0 atom stereocenters. The molecule has 0 aromatic heterocycles. The van der Waals surface area contributed by atoms with Crippen LogP contribution in [0.25, 0.3) is 0 Å². The molecule has 24 heavy (non-hydrogen) atoms. The minimum absolute atomic E-state index is 0.0620. The Bertz CT molecular complexity index is 728. The van der Waals surface area contributed by atoms with Crippen LogP contribution < -0.4 is 5.32 Å². The van der Waals surface area contributed by atoms with Gasteiger partial charge < -0.3 is 10.2 Å². The topological polar surface area (TPSA) is 95.8 Å². The van der Waals surface area contributed by atoms with Gasteiger partial charge in [-0.2, -0.15) is 4.31 Å². The summed E-state index contributed by atoms with van der Waals surface area (Å²) in [5.41, 5.74) is -0.239. The zero-order valence-electron chi connectivity index (χ0n) is 13.5. The molecule has 0 spiro atoms. The normalized spacial score (nSPS) is 16.2. The van der Waals surface area contributed by atoms with Crippen molar-refractivity contribution in [3.05, 3.63) is 34.4 Å². The molecule has 1 N–H and O–H groups in total. The summed E-state index contributed by atoms with van der Waals surface area (Å²) < 4.78 is 26.6. The summed E-state index contributed by atoms with van der Waals surface area (Å²) in [5, 5.41) is 14.6. The molecule has 0 saturated carbocycles. The van der Waals surface area contributed by atoms with E-state index in [0.29, 0.717) is 18.2 Å². The fraction of sp³-hybridized carbons (Fsp3) is 0.500. The third-order valence-corrected chi connectivity index (χ3v) is 5.87. The summed E-state index contributed by atoms with van der Waals surface area (Å²) in [6.45, 7) is 5.49. The van der Waals surface area contributed by atoms with Crippen LogP contribution >= 0.6 is 12.2 Å². The van der Waals surface area contributed by atoms with Gasteiger partial charge in [0.15, 0.2) is 5.11 Å². The first-order valence-corrected chi connectivity index (χ1v) is 9.36. The lowest BCUT2D eigenvalue weighted by Crippen LogP contribution is -2.53. The molecular formula is C14H20N4O4S2. The number of nitro benzene ring substituents is 1. The molecule has 1 aliphatic heterocycles. The molecule has 1 heterocycles. The lowest BCUT2D eigenvalue weighted by atomic mass is 10.3. The number of nitro groups is 1. The van der Waals surface area contributed by atoms with Gasteiger partial charge >= 0.3 is 0 Å². The molecule has 8 nitrogen and oxygen atoms in total. The van der Waals surface area contributed by atoms with E-state index in [1.54, 1.807) is 0 Å². The molecule has 0 bridgehead atoms.